The molecule has 1 amide bonds. The first-order chi connectivity index (χ1) is 14.4. The van der Waals surface area contributed by atoms with Gasteiger partial charge in [0.2, 0.25) is 11.9 Å². The Bertz CT molecular complexity index is 999. The van der Waals surface area contributed by atoms with Gasteiger partial charge in [0.15, 0.2) is 0 Å². The number of amides is 1. The van der Waals surface area contributed by atoms with Gasteiger partial charge in [-0.3, -0.25) is 4.79 Å². The number of hydrogen-bond acceptors (Lipinski definition) is 6. The highest BCUT2D eigenvalue weighted by Crippen LogP contribution is 2.31. The molecule has 3 heterocycles. The minimum atomic E-state index is -4.37. The molecule has 0 aliphatic carbocycles. The molecular weight excluding hydrogens is 415 g/mol. The Hall–Kier alpha value is -3.01. The molecule has 0 radical (unpaired) electrons. The summed E-state index contributed by atoms with van der Waals surface area (Å²) in [6.45, 7) is 2.47. The van der Waals surface area contributed by atoms with Crippen LogP contribution in [0.15, 0.2) is 48.1 Å². The van der Waals surface area contributed by atoms with Crippen LogP contribution < -0.4 is 4.90 Å². The maximum absolute atomic E-state index is 12.7. The second-order valence-electron chi connectivity index (χ2n) is 6.81. The largest absolute Gasteiger partial charge is 0.416 e. The predicted molar refractivity (Wildman–Crippen MR) is 107 cm³/mol. The van der Waals surface area contributed by atoms with Gasteiger partial charge in [-0.1, -0.05) is 12.1 Å². The molecule has 1 saturated heterocycles. The van der Waals surface area contributed by atoms with E-state index in [4.69, 9.17) is 0 Å². The van der Waals surface area contributed by atoms with E-state index < -0.39 is 11.7 Å². The molecular formula is C20H18F3N5OS. The van der Waals surface area contributed by atoms with E-state index in [1.165, 1.54) is 23.5 Å². The van der Waals surface area contributed by atoms with Crippen molar-refractivity contribution in [2.75, 3.05) is 31.1 Å². The lowest BCUT2D eigenvalue weighted by atomic mass is 10.1. The second-order valence-corrected chi connectivity index (χ2v) is 7.67. The molecule has 6 nitrogen and oxygen atoms in total. The molecule has 156 valence electrons. The second kappa shape index (κ2) is 8.39. The van der Waals surface area contributed by atoms with Crippen LogP contribution >= 0.6 is 11.3 Å². The SMILES string of the molecule is O=C(Cc1csc(-c2ccc(C(F)(F)F)cc2)n1)N1CCN(c2ncccn2)CC1. The Kier molecular flexibility index (Phi) is 5.67. The minimum absolute atomic E-state index is 0.0205. The smallest absolute Gasteiger partial charge is 0.339 e. The third-order valence-electron chi connectivity index (χ3n) is 4.81. The summed E-state index contributed by atoms with van der Waals surface area (Å²) in [5, 5.41) is 2.37. The summed E-state index contributed by atoms with van der Waals surface area (Å²) in [5.74, 6) is 0.637. The highest BCUT2D eigenvalue weighted by molar-refractivity contribution is 7.13. The molecule has 0 atom stereocenters. The molecule has 1 fully saturated rings. The van der Waals surface area contributed by atoms with Gasteiger partial charge in [-0.15, -0.1) is 11.3 Å². The summed E-state index contributed by atoms with van der Waals surface area (Å²) < 4.78 is 38.1. The van der Waals surface area contributed by atoms with Gasteiger partial charge < -0.3 is 9.80 Å². The van der Waals surface area contributed by atoms with Gasteiger partial charge in [0.25, 0.3) is 0 Å². The number of hydrogen-bond donors (Lipinski definition) is 0. The van der Waals surface area contributed by atoms with Gasteiger partial charge in [0.05, 0.1) is 17.7 Å². The lowest BCUT2D eigenvalue weighted by Crippen LogP contribution is -2.49. The van der Waals surface area contributed by atoms with Gasteiger partial charge >= 0.3 is 6.18 Å². The number of piperazine rings is 1. The monoisotopic (exact) mass is 433 g/mol. The zero-order valence-corrected chi connectivity index (χ0v) is 16.7. The Balaban J connectivity index is 1.34. The van der Waals surface area contributed by atoms with Gasteiger partial charge in [0.1, 0.15) is 5.01 Å². The summed E-state index contributed by atoms with van der Waals surface area (Å²) in [7, 11) is 0. The van der Waals surface area contributed by atoms with Crippen molar-refractivity contribution in [3.63, 3.8) is 0 Å². The molecule has 0 saturated carbocycles. The average molecular weight is 433 g/mol. The van der Waals surface area contributed by atoms with E-state index in [1.54, 1.807) is 28.7 Å². The van der Waals surface area contributed by atoms with Gasteiger partial charge in [0, 0.05) is 49.5 Å². The quantitative estimate of drug-likeness (QED) is 0.630. The fraction of sp³-hybridized carbons (Fsp3) is 0.300. The van der Waals surface area contributed by atoms with E-state index in [0.29, 0.717) is 48.4 Å². The Morgan fingerprint density at radius 3 is 2.33 bits per heavy atom. The van der Waals surface area contributed by atoms with Crippen LogP contribution in [0.25, 0.3) is 10.6 Å². The Labute approximate surface area is 175 Å². The number of alkyl halides is 3. The van der Waals surface area contributed by atoms with Crippen molar-refractivity contribution >= 4 is 23.2 Å². The molecule has 1 aromatic carbocycles. The summed E-state index contributed by atoms with van der Waals surface area (Å²) in [4.78, 5) is 29.3. The number of halogens is 3. The normalized spacial score (nSPS) is 14.8. The van der Waals surface area contributed by atoms with Crippen molar-refractivity contribution in [2.24, 2.45) is 0 Å². The van der Waals surface area contributed by atoms with Crippen LogP contribution in [0.3, 0.4) is 0 Å². The lowest BCUT2D eigenvalue weighted by Gasteiger charge is -2.34. The number of benzene rings is 1. The molecule has 10 heteroatoms. The van der Waals surface area contributed by atoms with E-state index >= 15 is 0 Å². The number of thiazole rings is 1. The van der Waals surface area contributed by atoms with Crippen molar-refractivity contribution in [1.29, 1.82) is 0 Å². The third-order valence-corrected chi connectivity index (χ3v) is 5.75. The average Bonchev–Trinajstić information content (AvgIpc) is 3.22. The zero-order valence-electron chi connectivity index (χ0n) is 15.8. The summed E-state index contributed by atoms with van der Waals surface area (Å²) in [6.07, 6.45) is -0.818. The topological polar surface area (TPSA) is 62.2 Å². The van der Waals surface area contributed by atoms with Gasteiger partial charge in [-0.05, 0) is 18.2 Å². The van der Waals surface area contributed by atoms with E-state index in [0.717, 1.165) is 12.1 Å². The molecule has 4 rings (SSSR count). The van der Waals surface area contributed by atoms with Crippen molar-refractivity contribution in [3.05, 3.63) is 59.4 Å². The Morgan fingerprint density at radius 1 is 1.03 bits per heavy atom. The van der Waals surface area contributed by atoms with Crippen LogP contribution in [0.4, 0.5) is 19.1 Å². The van der Waals surface area contributed by atoms with Crippen LogP contribution in [-0.4, -0.2) is 51.9 Å². The fourth-order valence-corrected chi connectivity index (χ4v) is 4.03. The molecule has 0 bridgehead atoms. The first-order valence-electron chi connectivity index (χ1n) is 9.32. The van der Waals surface area contributed by atoms with E-state index in [-0.39, 0.29) is 12.3 Å². The maximum Gasteiger partial charge on any atom is 0.416 e. The van der Waals surface area contributed by atoms with Gasteiger partial charge in [-0.25, -0.2) is 15.0 Å². The molecule has 0 N–H and O–H groups in total. The summed E-state index contributed by atoms with van der Waals surface area (Å²) in [6, 6.07) is 6.64. The number of anilines is 1. The molecule has 3 aromatic rings. The standard InChI is InChI=1S/C20H18F3N5OS/c21-20(22,23)15-4-2-14(3-5-15)18-26-16(13-30-18)12-17(29)27-8-10-28(11-9-27)19-24-6-1-7-25-19/h1-7,13H,8-12H2. The zero-order chi connectivity index (χ0) is 21.1. The van der Waals surface area contributed by atoms with Crippen LogP contribution in [0.5, 0.6) is 0 Å². The predicted octanol–water partition coefficient (Wildman–Crippen LogP) is 3.51. The molecule has 2 aromatic heterocycles. The van der Waals surface area contributed by atoms with Gasteiger partial charge in [-0.2, -0.15) is 13.2 Å². The fourth-order valence-electron chi connectivity index (χ4n) is 3.20. The van der Waals surface area contributed by atoms with E-state index in [2.05, 4.69) is 15.0 Å². The van der Waals surface area contributed by atoms with Crippen LogP contribution in [0, 0.1) is 0 Å². The maximum atomic E-state index is 12.7. The molecule has 1 aliphatic rings. The van der Waals surface area contributed by atoms with Crippen molar-refractivity contribution in [3.8, 4) is 10.6 Å². The highest BCUT2D eigenvalue weighted by Gasteiger charge is 2.30. The van der Waals surface area contributed by atoms with Crippen LogP contribution in [0.1, 0.15) is 11.3 Å². The van der Waals surface area contributed by atoms with Crippen LogP contribution in [-0.2, 0) is 17.4 Å². The van der Waals surface area contributed by atoms with Crippen molar-refractivity contribution in [2.45, 2.75) is 12.6 Å². The van der Waals surface area contributed by atoms with Crippen LogP contribution in [0.2, 0.25) is 0 Å². The Morgan fingerprint density at radius 2 is 1.70 bits per heavy atom. The van der Waals surface area contributed by atoms with E-state index in [1.807, 2.05) is 4.90 Å². The molecule has 30 heavy (non-hydrogen) atoms. The van der Waals surface area contributed by atoms with E-state index in [9.17, 15) is 18.0 Å². The van der Waals surface area contributed by atoms with Crippen molar-refractivity contribution < 1.29 is 18.0 Å². The number of carbonyl (C=O) groups excluding carboxylic acids is 1. The first-order valence-corrected chi connectivity index (χ1v) is 10.2. The highest BCUT2D eigenvalue weighted by atomic mass is 32.1. The number of nitrogens with zero attached hydrogens (tertiary/aromatic N) is 5. The lowest BCUT2D eigenvalue weighted by molar-refractivity contribution is -0.137. The first kappa shape index (κ1) is 20.3. The number of aromatic nitrogens is 3. The number of carbonyl (C=O) groups is 1. The molecule has 0 unspecified atom stereocenters. The minimum Gasteiger partial charge on any atom is -0.339 e. The number of rotatable bonds is 4. The summed E-state index contributed by atoms with van der Waals surface area (Å²) in [5.41, 5.74) is 0.523. The van der Waals surface area contributed by atoms with Crippen molar-refractivity contribution in [1.82, 2.24) is 19.9 Å². The molecule has 0 spiro atoms. The molecule has 1 aliphatic heterocycles. The summed E-state index contributed by atoms with van der Waals surface area (Å²) >= 11 is 1.31. The third kappa shape index (κ3) is 4.59.